The summed E-state index contributed by atoms with van der Waals surface area (Å²) in [5, 5.41) is 3.39. The van der Waals surface area contributed by atoms with Crippen LogP contribution in [0.15, 0.2) is 23.4 Å². The lowest BCUT2D eigenvalue weighted by Crippen LogP contribution is -2.47. The van der Waals surface area contributed by atoms with Gasteiger partial charge in [0.15, 0.2) is 17.3 Å². The molecular weight excluding hydrogens is 348 g/mol. The first-order valence-electron chi connectivity index (χ1n) is 8.99. The molecule has 0 bridgehead atoms. The minimum Gasteiger partial charge on any atom is -0.493 e. The van der Waals surface area contributed by atoms with Crippen molar-refractivity contribution in [1.82, 2.24) is 10.0 Å². The van der Waals surface area contributed by atoms with E-state index in [0.29, 0.717) is 30.1 Å². The number of allylic oxidation sites excluding steroid dienone is 2. The van der Waals surface area contributed by atoms with Crippen molar-refractivity contribution >= 4 is 11.7 Å². The SMILES string of the molecule is COc1cc(C2CC(=O)N(N(C)C)C3=C2C(=O)CCC3)cc(OC)c1OC. The molecule has 0 fully saturated rings. The van der Waals surface area contributed by atoms with Crippen molar-refractivity contribution in [2.24, 2.45) is 0 Å². The standard InChI is InChI=1S/C20H26N2O5/c1-21(2)22-14-7-6-8-15(23)19(14)13(11-18(22)24)12-9-16(25-3)20(27-5)17(10-12)26-4/h9-10,13H,6-8,11H2,1-5H3. The lowest BCUT2D eigenvalue weighted by molar-refractivity contribution is -0.143. The van der Waals surface area contributed by atoms with Crippen LogP contribution in [-0.2, 0) is 9.59 Å². The van der Waals surface area contributed by atoms with Crippen LogP contribution in [0.3, 0.4) is 0 Å². The van der Waals surface area contributed by atoms with Crippen molar-refractivity contribution in [1.29, 1.82) is 0 Å². The molecule has 1 aliphatic heterocycles. The van der Waals surface area contributed by atoms with E-state index in [1.54, 1.807) is 31.3 Å². The third kappa shape index (κ3) is 3.27. The van der Waals surface area contributed by atoms with Crippen LogP contribution in [0.1, 0.15) is 37.2 Å². The summed E-state index contributed by atoms with van der Waals surface area (Å²) in [5.74, 6) is 1.29. The van der Waals surface area contributed by atoms with Gasteiger partial charge in [0.05, 0.1) is 21.3 Å². The maximum absolute atomic E-state index is 12.9. The zero-order valence-corrected chi connectivity index (χ0v) is 16.5. The zero-order chi connectivity index (χ0) is 19.7. The van der Waals surface area contributed by atoms with E-state index in [2.05, 4.69) is 0 Å². The second kappa shape index (κ2) is 7.60. The molecular formula is C20H26N2O5. The van der Waals surface area contributed by atoms with Gasteiger partial charge in [0, 0.05) is 44.1 Å². The highest BCUT2D eigenvalue weighted by atomic mass is 16.5. The molecule has 27 heavy (non-hydrogen) atoms. The number of benzene rings is 1. The Bertz CT molecular complexity index is 775. The Hall–Kier alpha value is -2.54. The van der Waals surface area contributed by atoms with Gasteiger partial charge in [-0.1, -0.05) is 0 Å². The quantitative estimate of drug-likeness (QED) is 0.789. The summed E-state index contributed by atoms with van der Waals surface area (Å²) in [7, 11) is 8.29. The molecule has 1 aromatic carbocycles. The summed E-state index contributed by atoms with van der Waals surface area (Å²) in [6.07, 6.45) is 2.21. The molecule has 0 radical (unpaired) electrons. The highest BCUT2D eigenvalue weighted by Gasteiger charge is 2.40. The number of rotatable bonds is 5. The van der Waals surface area contributed by atoms with Crippen LogP contribution >= 0.6 is 0 Å². The summed E-state index contributed by atoms with van der Waals surface area (Å²) >= 11 is 0. The number of amides is 1. The number of hydrogen-bond donors (Lipinski definition) is 0. The van der Waals surface area contributed by atoms with Crippen molar-refractivity contribution in [3.63, 3.8) is 0 Å². The molecule has 0 N–H and O–H groups in total. The largest absolute Gasteiger partial charge is 0.493 e. The van der Waals surface area contributed by atoms with Crippen LogP contribution in [0.25, 0.3) is 0 Å². The van der Waals surface area contributed by atoms with Gasteiger partial charge in [-0.15, -0.1) is 0 Å². The summed E-state index contributed by atoms with van der Waals surface area (Å²) in [4.78, 5) is 25.7. The molecule has 0 spiro atoms. The van der Waals surface area contributed by atoms with E-state index < -0.39 is 0 Å². The number of ether oxygens (including phenoxy) is 3. The third-order valence-corrected chi connectivity index (χ3v) is 5.14. The molecule has 0 aromatic heterocycles. The van der Waals surface area contributed by atoms with Crippen molar-refractivity contribution in [2.45, 2.75) is 31.6 Å². The van der Waals surface area contributed by atoms with Crippen molar-refractivity contribution in [2.75, 3.05) is 35.4 Å². The van der Waals surface area contributed by atoms with Crippen molar-refractivity contribution < 1.29 is 23.8 Å². The molecule has 0 saturated heterocycles. The molecule has 0 saturated carbocycles. The Labute approximate surface area is 159 Å². The molecule has 1 atom stereocenters. The highest BCUT2D eigenvalue weighted by Crippen LogP contribution is 2.46. The van der Waals surface area contributed by atoms with Crippen LogP contribution in [0.4, 0.5) is 0 Å². The Kier molecular flexibility index (Phi) is 5.41. The summed E-state index contributed by atoms with van der Waals surface area (Å²) in [5.41, 5.74) is 2.36. The van der Waals surface area contributed by atoms with Gasteiger partial charge in [-0.2, -0.15) is 0 Å². The Balaban J connectivity index is 2.17. The minimum absolute atomic E-state index is 0.0211. The van der Waals surface area contributed by atoms with Gasteiger partial charge in [-0.25, -0.2) is 10.0 Å². The van der Waals surface area contributed by atoms with Gasteiger partial charge in [0.2, 0.25) is 11.7 Å². The molecule has 1 unspecified atom stereocenters. The van der Waals surface area contributed by atoms with Gasteiger partial charge < -0.3 is 14.2 Å². The average molecular weight is 374 g/mol. The fourth-order valence-electron chi connectivity index (χ4n) is 4.03. The molecule has 1 aliphatic carbocycles. The van der Waals surface area contributed by atoms with E-state index in [1.165, 1.54) is 0 Å². The summed E-state index contributed by atoms with van der Waals surface area (Å²) in [6.45, 7) is 0. The van der Waals surface area contributed by atoms with Gasteiger partial charge >= 0.3 is 0 Å². The first kappa shape index (κ1) is 19.2. The Morgan fingerprint density at radius 1 is 1.00 bits per heavy atom. The van der Waals surface area contributed by atoms with Crippen LogP contribution in [0.5, 0.6) is 17.2 Å². The van der Waals surface area contributed by atoms with E-state index in [-0.39, 0.29) is 24.0 Å². The second-order valence-electron chi connectivity index (χ2n) is 6.91. The van der Waals surface area contributed by atoms with Gasteiger partial charge in [0.25, 0.3) is 0 Å². The maximum Gasteiger partial charge on any atom is 0.242 e. The van der Waals surface area contributed by atoms with E-state index in [0.717, 1.165) is 23.3 Å². The first-order chi connectivity index (χ1) is 12.9. The molecule has 146 valence electrons. The summed E-state index contributed by atoms with van der Waals surface area (Å²) < 4.78 is 16.3. The normalized spacial score (nSPS) is 20.1. The number of nitrogens with zero attached hydrogens (tertiary/aromatic N) is 2. The number of methoxy groups -OCH3 is 3. The number of hydrogen-bond acceptors (Lipinski definition) is 6. The molecule has 2 aliphatic rings. The average Bonchev–Trinajstić information content (AvgIpc) is 2.65. The Morgan fingerprint density at radius 3 is 2.15 bits per heavy atom. The van der Waals surface area contributed by atoms with Crippen LogP contribution in [0, 0.1) is 0 Å². The van der Waals surface area contributed by atoms with E-state index >= 15 is 0 Å². The number of hydrazine groups is 1. The fourth-order valence-corrected chi connectivity index (χ4v) is 4.03. The van der Waals surface area contributed by atoms with Gasteiger partial charge in [-0.05, 0) is 30.5 Å². The molecule has 7 nitrogen and oxygen atoms in total. The van der Waals surface area contributed by atoms with Crippen LogP contribution < -0.4 is 14.2 Å². The predicted octanol–water partition coefficient (Wildman–Crippen LogP) is 2.51. The van der Waals surface area contributed by atoms with Gasteiger partial charge in [0.1, 0.15) is 0 Å². The fraction of sp³-hybridized carbons (Fsp3) is 0.500. The molecule has 7 heteroatoms. The zero-order valence-electron chi connectivity index (χ0n) is 16.5. The molecule has 1 heterocycles. The number of ketones is 1. The number of Topliss-reactive ketones (excluding diaryl/α,β-unsaturated/α-hetero) is 1. The van der Waals surface area contributed by atoms with Crippen molar-refractivity contribution in [3.05, 3.63) is 29.0 Å². The topological polar surface area (TPSA) is 68.3 Å². The predicted molar refractivity (Wildman–Crippen MR) is 99.9 cm³/mol. The highest BCUT2D eigenvalue weighted by molar-refractivity contribution is 6.01. The minimum atomic E-state index is -0.315. The monoisotopic (exact) mass is 374 g/mol. The van der Waals surface area contributed by atoms with Crippen LogP contribution in [0.2, 0.25) is 0 Å². The lowest BCUT2D eigenvalue weighted by atomic mass is 9.77. The molecule has 1 amide bonds. The second-order valence-corrected chi connectivity index (χ2v) is 6.91. The van der Waals surface area contributed by atoms with E-state index in [1.807, 2.05) is 26.2 Å². The number of carbonyl (C=O) groups excluding carboxylic acids is 2. The maximum atomic E-state index is 12.9. The Morgan fingerprint density at radius 2 is 1.63 bits per heavy atom. The van der Waals surface area contributed by atoms with E-state index in [4.69, 9.17) is 14.2 Å². The first-order valence-corrected chi connectivity index (χ1v) is 8.99. The van der Waals surface area contributed by atoms with Crippen LogP contribution in [-0.4, -0.2) is 57.1 Å². The van der Waals surface area contributed by atoms with Gasteiger partial charge in [-0.3, -0.25) is 9.59 Å². The number of carbonyl (C=O) groups is 2. The lowest BCUT2D eigenvalue weighted by Gasteiger charge is -2.41. The van der Waals surface area contributed by atoms with E-state index in [9.17, 15) is 9.59 Å². The summed E-state index contributed by atoms with van der Waals surface area (Å²) in [6, 6.07) is 3.66. The third-order valence-electron chi connectivity index (χ3n) is 5.14. The molecule has 1 aromatic rings. The van der Waals surface area contributed by atoms with Crippen molar-refractivity contribution in [3.8, 4) is 17.2 Å². The smallest absolute Gasteiger partial charge is 0.242 e. The molecule has 3 rings (SSSR count).